The second kappa shape index (κ2) is 6.37. The Morgan fingerprint density at radius 3 is 2.60 bits per heavy atom. The Morgan fingerprint density at radius 2 is 2.00 bits per heavy atom. The van der Waals surface area contributed by atoms with Crippen LogP contribution >= 0.6 is 0 Å². The summed E-state index contributed by atoms with van der Waals surface area (Å²) in [6.07, 6.45) is 3.51. The lowest BCUT2D eigenvalue weighted by Crippen LogP contribution is -2.47. The fraction of sp³-hybridized carbons (Fsp3) is 0.562. The van der Waals surface area contributed by atoms with Crippen molar-refractivity contribution in [3.05, 3.63) is 35.9 Å². The predicted molar refractivity (Wildman–Crippen MR) is 79.0 cm³/mol. The van der Waals surface area contributed by atoms with Gasteiger partial charge in [0.25, 0.3) is 0 Å². The van der Waals surface area contributed by atoms with Crippen molar-refractivity contribution < 1.29 is 9.90 Å². The van der Waals surface area contributed by atoms with Crippen LogP contribution in [0.15, 0.2) is 30.3 Å². The van der Waals surface area contributed by atoms with Crippen LogP contribution in [0.3, 0.4) is 0 Å². The summed E-state index contributed by atoms with van der Waals surface area (Å²) in [5, 5.41) is 13.2. The summed E-state index contributed by atoms with van der Waals surface area (Å²) in [4.78, 5) is 12.0. The van der Waals surface area contributed by atoms with E-state index in [4.69, 9.17) is 5.73 Å². The van der Waals surface area contributed by atoms with E-state index in [1.165, 1.54) is 0 Å². The second-order valence-corrected chi connectivity index (χ2v) is 6.01. The Bertz CT molecular complexity index is 439. The zero-order valence-electron chi connectivity index (χ0n) is 12.0. The number of hydrogen-bond acceptors (Lipinski definition) is 3. The Hall–Kier alpha value is -1.39. The summed E-state index contributed by atoms with van der Waals surface area (Å²) in [5.74, 6) is 0.431. The average Bonchev–Trinajstić information content (AvgIpc) is 2.48. The molecule has 1 aromatic carbocycles. The molecule has 0 saturated heterocycles. The molecule has 1 saturated carbocycles. The van der Waals surface area contributed by atoms with Gasteiger partial charge < -0.3 is 16.2 Å². The van der Waals surface area contributed by atoms with E-state index in [2.05, 4.69) is 12.2 Å². The van der Waals surface area contributed by atoms with Crippen molar-refractivity contribution >= 4 is 5.91 Å². The Labute approximate surface area is 120 Å². The maximum absolute atomic E-state index is 12.0. The standard InChI is InChI=1S/C16H24N2O2/c1-12-7-9-16(20,10-8-12)11-18-15(19)14(17)13-5-3-2-4-6-13/h2-6,12,14,20H,7-11,17H2,1H3,(H,18,19)/t12?,14-,16?/m1/s1. The molecule has 0 aliphatic heterocycles. The molecule has 2 rings (SSSR count). The number of carbonyl (C=O) groups excluding carboxylic acids is 1. The molecule has 4 N–H and O–H groups in total. The highest BCUT2D eigenvalue weighted by atomic mass is 16.3. The van der Waals surface area contributed by atoms with Crippen LogP contribution in [0.25, 0.3) is 0 Å². The topological polar surface area (TPSA) is 75.3 Å². The lowest BCUT2D eigenvalue weighted by Gasteiger charge is -2.35. The molecular weight excluding hydrogens is 252 g/mol. The fourth-order valence-electron chi connectivity index (χ4n) is 2.65. The number of rotatable bonds is 4. The molecule has 1 fully saturated rings. The lowest BCUT2D eigenvalue weighted by atomic mass is 9.79. The summed E-state index contributed by atoms with van der Waals surface area (Å²) in [6, 6.07) is 8.60. The molecule has 4 nitrogen and oxygen atoms in total. The molecule has 1 amide bonds. The molecule has 4 heteroatoms. The second-order valence-electron chi connectivity index (χ2n) is 6.01. The smallest absolute Gasteiger partial charge is 0.241 e. The summed E-state index contributed by atoms with van der Waals surface area (Å²) in [6.45, 7) is 2.49. The van der Waals surface area contributed by atoms with Gasteiger partial charge in [0.05, 0.1) is 5.60 Å². The van der Waals surface area contributed by atoms with Gasteiger partial charge in [-0.3, -0.25) is 4.79 Å². The van der Waals surface area contributed by atoms with Gasteiger partial charge in [-0.25, -0.2) is 0 Å². The lowest BCUT2D eigenvalue weighted by molar-refractivity contribution is -0.124. The Kier molecular flexibility index (Phi) is 4.78. The van der Waals surface area contributed by atoms with Crippen molar-refractivity contribution in [2.75, 3.05) is 6.54 Å². The highest BCUT2D eigenvalue weighted by Crippen LogP contribution is 2.31. The van der Waals surface area contributed by atoms with E-state index in [1.807, 2.05) is 30.3 Å². The van der Waals surface area contributed by atoms with Crippen LogP contribution in [0.2, 0.25) is 0 Å². The molecule has 20 heavy (non-hydrogen) atoms. The minimum absolute atomic E-state index is 0.233. The van der Waals surface area contributed by atoms with E-state index >= 15 is 0 Å². The van der Waals surface area contributed by atoms with E-state index in [-0.39, 0.29) is 5.91 Å². The average molecular weight is 276 g/mol. The minimum Gasteiger partial charge on any atom is -0.388 e. The van der Waals surface area contributed by atoms with Gasteiger partial charge in [0.15, 0.2) is 0 Å². The van der Waals surface area contributed by atoms with Crippen molar-refractivity contribution in [1.82, 2.24) is 5.32 Å². The van der Waals surface area contributed by atoms with Crippen LogP contribution in [-0.4, -0.2) is 23.2 Å². The number of aliphatic hydroxyl groups is 1. The van der Waals surface area contributed by atoms with Crippen LogP contribution < -0.4 is 11.1 Å². The van der Waals surface area contributed by atoms with Gasteiger partial charge in [0.2, 0.25) is 5.91 Å². The van der Waals surface area contributed by atoms with Gasteiger partial charge in [-0.05, 0) is 37.2 Å². The van der Waals surface area contributed by atoms with Crippen molar-refractivity contribution in [3.63, 3.8) is 0 Å². The number of benzene rings is 1. The number of amides is 1. The molecule has 0 aromatic heterocycles. The third kappa shape index (κ3) is 3.81. The van der Waals surface area contributed by atoms with E-state index < -0.39 is 11.6 Å². The highest BCUT2D eigenvalue weighted by Gasteiger charge is 2.32. The first-order valence-electron chi connectivity index (χ1n) is 7.31. The third-order valence-corrected chi connectivity index (χ3v) is 4.24. The van der Waals surface area contributed by atoms with Crippen LogP contribution in [0.5, 0.6) is 0 Å². The molecule has 1 aliphatic carbocycles. The summed E-state index contributed by atoms with van der Waals surface area (Å²) in [5.41, 5.74) is 5.95. The quantitative estimate of drug-likeness (QED) is 0.784. The number of nitrogens with one attached hydrogen (secondary N) is 1. The molecule has 0 bridgehead atoms. The van der Waals surface area contributed by atoms with Gasteiger partial charge in [-0.15, -0.1) is 0 Å². The zero-order valence-corrected chi connectivity index (χ0v) is 12.0. The molecular formula is C16H24N2O2. The number of nitrogens with two attached hydrogens (primary N) is 1. The maximum atomic E-state index is 12.0. The first-order chi connectivity index (χ1) is 9.50. The Morgan fingerprint density at radius 1 is 1.40 bits per heavy atom. The zero-order chi connectivity index (χ0) is 14.6. The first kappa shape index (κ1) is 15.0. The monoisotopic (exact) mass is 276 g/mol. The predicted octanol–water partition coefficient (Wildman–Crippen LogP) is 1.74. The molecule has 1 aromatic rings. The van der Waals surface area contributed by atoms with Gasteiger partial charge in [0.1, 0.15) is 6.04 Å². The van der Waals surface area contributed by atoms with Crippen molar-refractivity contribution in [2.45, 2.75) is 44.2 Å². The van der Waals surface area contributed by atoms with Crippen LogP contribution in [0.1, 0.15) is 44.2 Å². The summed E-state index contributed by atoms with van der Waals surface area (Å²) >= 11 is 0. The molecule has 1 atom stereocenters. The first-order valence-corrected chi connectivity index (χ1v) is 7.31. The number of carbonyl (C=O) groups is 1. The largest absolute Gasteiger partial charge is 0.388 e. The molecule has 0 unspecified atom stereocenters. The van der Waals surface area contributed by atoms with Gasteiger partial charge >= 0.3 is 0 Å². The maximum Gasteiger partial charge on any atom is 0.241 e. The van der Waals surface area contributed by atoms with Crippen LogP contribution in [0, 0.1) is 5.92 Å². The van der Waals surface area contributed by atoms with E-state index in [9.17, 15) is 9.90 Å². The van der Waals surface area contributed by atoms with Crippen molar-refractivity contribution in [1.29, 1.82) is 0 Å². The van der Waals surface area contributed by atoms with Crippen LogP contribution in [-0.2, 0) is 4.79 Å². The van der Waals surface area contributed by atoms with E-state index in [0.29, 0.717) is 12.5 Å². The summed E-state index contributed by atoms with van der Waals surface area (Å²) in [7, 11) is 0. The molecule has 0 spiro atoms. The van der Waals surface area contributed by atoms with Crippen LogP contribution in [0.4, 0.5) is 0 Å². The number of hydrogen-bond donors (Lipinski definition) is 3. The van der Waals surface area contributed by atoms with E-state index in [1.54, 1.807) is 0 Å². The summed E-state index contributed by atoms with van der Waals surface area (Å²) < 4.78 is 0. The van der Waals surface area contributed by atoms with Crippen molar-refractivity contribution in [2.24, 2.45) is 11.7 Å². The Balaban J connectivity index is 1.86. The molecule has 0 heterocycles. The van der Waals surface area contributed by atoms with Gasteiger partial charge in [0, 0.05) is 6.54 Å². The molecule has 110 valence electrons. The SMILES string of the molecule is CC1CCC(O)(CNC(=O)[C@H](N)c2ccccc2)CC1. The van der Waals surface area contributed by atoms with Gasteiger partial charge in [-0.2, -0.15) is 0 Å². The highest BCUT2D eigenvalue weighted by molar-refractivity contribution is 5.82. The molecule has 1 aliphatic rings. The minimum atomic E-state index is -0.765. The fourth-order valence-corrected chi connectivity index (χ4v) is 2.65. The normalized spacial score (nSPS) is 27.9. The van der Waals surface area contributed by atoms with E-state index in [0.717, 1.165) is 31.2 Å². The molecule has 0 radical (unpaired) electrons. The third-order valence-electron chi connectivity index (χ3n) is 4.24. The van der Waals surface area contributed by atoms with Gasteiger partial charge in [-0.1, -0.05) is 37.3 Å². The van der Waals surface area contributed by atoms with Crippen molar-refractivity contribution in [3.8, 4) is 0 Å².